The molecule has 0 unspecified atom stereocenters. The van der Waals surface area contributed by atoms with Crippen molar-refractivity contribution in [2.24, 2.45) is 0 Å². The molecular formula is C12H15BrN4O3. The zero-order valence-electron chi connectivity index (χ0n) is 11.5. The van der Waals surface area contributed by atoms with Crippen LogP contribution in [0.3, 0.4) is 0 Å². The van der Waals surface area contributed by atoms with E-state index in [2.05, 4.69) is 26.1 Å². The van der Waals surface area contributed by atoms with Gasteiger partial charge in [0.05, 0.1) is 12.3 Å². The van der Waals surface area contributed by atoms with Gasteiger partial charge in [0.2, 0.25) is 4.73 Å². The van der Waals surface area contributed by atoms with Crippen LogP contribution in [0.4, 0.5) is 0 Å². The van der Waals surface area contributed by atoms with Gasteiger partial charge in [-0.15, -0.1) is 5.10 Å². The largest absolute Gasteiger partial charge is 0.465 e. The van der Waals surface area contributed by atoms with Crippen molar-refractivity contribution in [1.29, 1.82) is 0 Å². The molecule has 2 rings (SSSR count). The van der Waals surface area contributed by atoms with Gasteiger partial charge in [0.1, 0.15) is 12.1 Å². The van der Waals surface area contributed by atoms with Gasteiger partial charge >= 0.3 is 5.97 Å². The fraction of sp³-hybridized carbons (Fsp3) is 0.500. The Morgan fingerprint density at radius 1 is 1.45 bits per heavy atom. The van der Waals surface area contributed by atoms with Gasteiger partial charge in [-0.1, -0.05) is 13.8 Å². The molecule has 0 aliphatic heterocycles. The summed E-state index contributed by atoms with van der Waals surface area (Å²) in [7, 11) is 0. The summed E-state index contributed by atoms with van der Waals surface area (Å²) in [6.07, 6.45) is 0. The first-order valence-corrected chi connectivity index (χ1v) is 7.05. The van der Waals surface area contributed by atoms with Crippen LogP contribution in [0.1, 0.15) is 32.4 Å². The van der Waals surface area contributed by atoms with Gasteiger partial charge in [-0.3, -0.25) is 9.59 Å². The maximum absolute atomic E-state index is 12.3. The minimum Gasteiger partial charge on any atom is -0.465 e. The minimum absolute atomic E-state index is 0.194. The monoisotopic (exact) mass is 342 g/mol. The lowest BCUT2D eigenvalue weighted by Crippen LogP contribution is -2.29. The second-order valence-corrected chi connectivity index (χ2v) is 5.27. The number of hydrogen-bond acceptors (Lipinski definition) is 5. The SMILES string of the molecule is CCOC(=O)Cn1nc(Br)n2nc(C(C)C)cc2c1=O. The lowest BCUT2D eigenvalue weighted by molar-refractivity contribution is -0.144. The third-order valence-corrected chi connectivity index (χ3v) is 3.23. The van der Waals surface area contributed by atoms with E-state index in [1.54, 1.807) is 13.0 Å². The van der Waals surface area contributed by atoms with E-state index in [4.69, 9.17) is 4.74 Å². The van der Waals surface area contributed by atoms with E-state index < -0.39 is 5.97 Å². The molecule has 0 atom stereocenters. The molecule has 8 heteroatoms. The maximum Gasteiger partial charge on any atom is 0.327 e. The summed E-state index contributed by atoms with van der Waals surface area (Å²) in [6.45, 7) is 5.73. The molecule has 20 heavy (non-hydrogen) atoms. The normalized spacial score (nSPS) is 11.2. The zero-order chi connectivity index (χ0) is 14.9. The second kappa shape index (κ2) is 5.74. The number of fused-ring (bicyclic) bond motifs is 1. The molecule has 2 aromatic heterocycles. The zero-order valence-corrected chi connectivity index (χ0v) is 13.0. The van der Waals surface area contributed by atoms with E-state index in [9.17, 15) is 9.59 Å². The van der Waals surface area contributed by atoms with Crippen LogP contribution in [-0.4, -0.2) is 32.0 Å². The molecule has 7 nitrogen and oxygen atoms in total. The third-order valence-electron chi connectivity index (χ3n) is 2.74. The number of aromatic nitrogens is 4. The van der Waals surface area contributed by atoms with E-state index >= 15 is 0 Å². The van der Waals surface area contributed by atoms with Gasteiger partial charge in [0.25, 0.3) is 5.56 Å². The molecule has 0 N–H and O–H groups in total. The molecule has 2 heterocycles. The highest BCUT2D eigenvalue weighted by Gasteiger charge is 2.15. The highest BCUT2D eigenvalue weighted by atomic mass is 79.9. The van der Waals surface area contributed by atoms with Gasteiger partial charge < -0.3 is 4.74 Å². The smallest absolute Gasteiger partial charge is 0.327 e. The van der Waals surface area contributed by atoms with Crippen LogP contribution in [0.25, 0.3) is 5.52 Å². The molecule has 0 bridgehead atoms. The van der Waals surface area contributed by atoms with Crippen LogP contribution in [0.5, 0.6) is 0 Å². The number of rotatable bonds is 4. The summed E-state index contributed by atoms with van der Waals surface area (Å²) in [5.74, 6) is -0.304. The van der Waals surface area contributed by atoms with Crippen molar-refractivity contribution in [3.05, 3.63) is 26.8 Å². The van der Waals surface area contributed by atoms with E-state index in [-0.39, 0.29) is 24.6 Å². The number of halogens is 1. The molecule has 0 saturated carbocycles. The van der Waals surface area contributed by atoms with Gasteiger partial charge in [0.15, 0.2) is 0 Å². The molecule has 0 saturated heterocycles. The Balaban J connectivity index is 2.51. The van der Waals surface area contributed by atoms with E-state index in [0.29, 0.717) is 10.3 Å². The molecule has 0 amide bonds. The molecule has 0 fully saturated rings. The van der Waals surface area contributed by atoms with Crippen LogP contribution in [0.2, 0.25) is 0 Å². The molecular weight excluding hydrogens is 328 g/mol. The van der Waals surface area contributed by atoms with Gasteiger partial charge in [-0.2, -0.15) is 5.10 Å². The van der Waals surface area contributed by atoms with Crippen molar-refractivity contribution >= 4 is 27.4 Å². The van der Waals surface area contributed by atoms with Gasteiger partial charge in [-0.25, -0.2) is 9.20 Å². The predicted molar refractivity (Wildman–Crippen MR) is 75.7 cm³/mol. The molecule has 2 aromatic rings. The molecule has 0 aliphatic carbocycles. The molecule has 108 valence electrons. The summed E-state index contributed by atoms with van der Waals surface area (Å²) < 4.78 is 7.69. The molecule has 0 aliphatic rings. The Morgan fingerprint density at radius 3 is 2.75 bits per heavy atom. The predicted octanol–water partition coefficient (Wildman–Crippen LogP) is 1.34. The summed E-state index contributed by atoms with van der Waals surface area (Å²) in [4.78, 5) is 23.7. The Labute approximate surface area is 123 Å². The summed E-state index contributed by atoms with van der Waals surface area (Å²) in [5.41, 5.74) is 0.791. The van der Waals surface area contributed by atoms with Crippen LogP contribution < -0.4 is 5.56 Å². The second-order valence-electron chi connectivity index (χ2n) is 4.56. The number of hydrogen-bond donors (Lipinski definition) is 0. The fourth-order valence-electron chi connectivity index (χ4n) is 1.73. The van der Waals surface area contributed by atoms with Crippen molar-refractivity contribution < 1.29 is 9.53 Å². The molecule has 0 spiro atoms. The van der Waals surface area contributed by atoms with Crippen molar-refractivity contribution in [3.63, 3.8) is 0 Å². The third kappa shape index (κ3) is 2.74. The van der Waals surface area contributed by atoms with Crippen LogP contribution in [-0.2, 0) is 16.1 Å². The quantitative estimate of drug-likeness (QED) is 0.783. The average molecular weight is 343 g/mol. The van der Waals surface area contributed by atoms with Crippen molar-refractivity contribution in [1.82, 2.24) is 19.4 Å². The van der Waals surface area contributed by atoms with Crippen molar-refractivity contribution in [2.75, 3.05) is 6.61 Å². The Hall–Kier alpha value is -1.70. The number of carbonyl (C=O) groups is 1. The van der Waals surface area contributed by atoms with Crippen LogP contribution >= 0.6 is 15.9 Å². The van der Waals surface area contributed by atoms with Crippen LogP contribution in [0.15, 0.2) is 15.6 Å². The Morgan fingerprint density at radius 2 is 2.15 bits per heavy atom. The summed E-state index contributed by atoms with van der Waals surface area (Å²) in [5, 5.41) is 8.32. The van der Waals surface area contributed by atoms with Gasteiger partial charge in [-0.05, 0) is 34.8 Å². The van der Waals surface area contributed by atoms with Crippen molar-refractivity contribution in [2.45, 2.75) is 33.2 Å². The fourth-order valence-corrected chi connectivity index (χ4v) is 2.19. The topological polar surface area (TPSA) is 78.5 Å². The lowest BCUT2D eigenvalue weighted by atomic mass is 10.1. The minimum atomic E-state index is -0.498. The van der Waals surface area contributed by atoms with E-state index in [1.807, 2.05) is 13.8 Å². The first-order chi connectivity index (χ1) is 9.43. The first kappa shape index (κ1) is 14.7. The number of esters is 1. The highest BCUT2D eigenvalue weighted by molar-refractivity contribution is 9.10. The summed E-state index contributed by atoms with van der Waals surface area (Å²) >= 11 is 3.25. The summed E-state index contributed by atoms with van der Waals surface area (Å²) in [6, 6.07) is 1.71. The average Bonchev–Trinajstić information content (AvgIpc) is 2.81. The van der Waals surface area contributed by atoms with Crippen molar-refractivity contribution in [3.8, 4) is 0 Å². The number of carbonyl (C=O) groups excluding carboxylic acids is 1. The highest BCUT2D eigenvalue weighted by Crippen LogP contribution is 2.15. The number of nitrogens with zero attached hydrogens (tertiary/aromatic N) is 4. The van der Waals surface area contributed by atoms with E-state index in [0.717, 1.165) is 10.4 Å². The first-order valence-electron chi connectivity index (χ1n) is 6.26. The lowest BCUT2D eigenvalue weighted by Gasteiger charge is -2.05. The van der Waals surface area contributed by atoms with E-state index in [1.165, 1.54) is 4.52 Å². The molecule has 0 aromatic carbocycles. The Bertz CT molecular complexity index is 705. The Kier molecular flexibility index (Phi) is 4.22. The van der Waals surface area contributed by atoms with Crippen LogP contribution in [0, 0.1) is 0 Å². The number of ether oxygens (including phenoxy) is 1. The standard InChI is InChI=1S/C12H15BrN4O3/c1-4-20-10(18)6-16-11(19)9-5-8(7(2)3)14-17(9)12(13)15-16/h5,7H,4,6H2,1-3H3. The maximum atomic E-state index is 12.3. The molecule has 0 radical (unpaired) electrons. The van der Waals surface area contributed by atoms with Gasteiger partial charge in [0, 0.05) is 0 Å².